The molecular weight excluding hydrogens is 311 g/mol. The van der Waals surface area contributed by atoms with Gasteiger partial charge in [0.1, 0.15) is 5.82 Å². The predicted octanol–water partition coefficient (Wildman–Crippen LogP) is 3.52. The van der Waals surface area contributed by atoms with Crippen molar-refractivity contribution >= 4 is 22.9 Å². The molecule has 1 aromatic heterocycles. The summed E-state index contributed by atoms with van der Waals surface area (Å²) in [6.45, 7) is 3.63. The van der Waals surface area contributed by atoms with Crippen LogP contribution < -0.4 is 4.90 Å². The second kappa shape index (κ2) is 5.73. The fraction of sp³-hybridized carbons (Fsp3) is 0.389. The van der Waals surface area contributed by atoms with Gasteiger partial charge in [0.05, 0.1) is 0 Å². The number of carbonyl (C=O) groups is 1. The Labute approximate surface area is 139 Å². The predicted molar refractivity (Wildman–Crippen MR) is 90.0 cm³/mol. The lowest BCUT2D eigenvalue weighted by atomic mass is 9.86. The van der Waals surface area contributed by atoms with Gasteiger partial charge in [-0.2, -0.15) is 11.3 Å². The molecule has 2 aromatic rings. The highest BCUT2D eigenvalue weighted by atomic mass is 32.1. The van der Waals surface area contributed by atoms with Crippen LogP contribution in [0.25, 0.3) is 0 Å². The Kier molecular flexibility index (Phi) is 3.70. The molecule has 3 heterocycles. The highest BCUT2D eigenvalue weighted by molar-refractivity contribution is 7.07. The van der Waals surface area contributed by atoms with Gasteiger partial charge in [-0.15, -0.1) is 0 Å². The van der Waals surface area contributed by atoms with Crippen LogP contribution in [0.2, 0.25) is 0 Å². The van der Waals surface area contributed by atoms with E-state index in [-0.39, 0.29) is 17.1 Å². The number of halogens is 1. The normalized spacial score (nSPS) is 24.9. The van der Waals surface area contributed by atoms with Gasteiger partial charge < -0.3 is 4.90 Å². The number of hydrogen-bond donors (Lipinski definition) is 0. The molecule has 2 fully saturated rings. The zero-order valence-electron chi connectivity index (χ0n) is 12.9. The van der Waals surface area contributed by atoms with Crippen LogP contribution in [0.3, 0.4) is 0 Å². The quantitative estimate of drug-likeness (QED) is 0.860. The number of anilines is 1. The summed E-state index contributed by atoms with van der Waals surface area (Å²) in [6, 6.07) is 8.51. The summed E-state index contributed by atoms with van der Waals surface area (Å²) in [4.78, 5) is 16.7. The van der Waals surface area contributed by atoms with E-state index in [1.807, 2.05) is 6.07 Å². The van der Waals surface area contributed by atoms with Crippen molar-refractivity contribution in [3.05, 3.63) is 52.5 Å². The third kappa shape index (κ3) is 2.91. The average molecular weight is 330 g/mol. The number of thiophene rings is 1. The van der Waals surface area contributed by atoms with Crippen LogP contribution in [0.4, 0.5) is 10.1 Å². The third-order valence-corrected chi connectivity index (χ3v) is 5.68. The van der Waals surface area contributed by atoms with Gasteiger partial charge in [0.25, 0.3) is 0 Å². The van der Waals surface area contributed by atoms with E-state index in [4.69, 9.17) is 0 Å². The summed E-state index contributed by atoms with van der Waals surface area (Å²) in [6.07, 6.45) is 1.61. The Balaban J connectivity index is 1.48. The van der Waals surface area contributed by atoms with Crippen LogP contribution in [0.15, 0.2) is 41.1 Å². The summed E-state index contributed by atoms with van der Waals surface area (Å²) in [5, 5.41) is 4.29. The molecule has 0 N–H and O–H groups in total. The van der Waals surface area contributed by atoms with Gasteiger partial charge in [-0.1, -0.05) is 6.07 Å². The fourth-order valence-electron chi connectivity index (χ4n) is 3.85. The molecule has 0 unspecified atom stereocenters. The van der Waals surface area contributed by atoms with Gasteiger partial charge in [0.2, 0.25) is 5.91 Å². The second-order valence-corrected chi connectivity index (χ2v) is 7.51. The van der Waals surface area contributed by atoms with Crippen molar-refractivity contribution in [1.29, 1.82) is 0 Å². The van der Waals surface area contributed by atoms with Crippen LogP contribution in [0.1, 0.15) is 18.4 Å². The van der Waals surface area contributed by atoms with Gasteiger partial charge >= 0.3 is 0 Å². The Bertz CT molecular complexity index is 718. The molecule has 1 amide bonds. The monoisotopic (exact) mass is 330 g/mol. The number of carbonyl (C=O) groups excluding carboxylic acids is 1. The zero-order chi connectivity index (χ0) is 15.9. The first-order chi connectivity index (χ1) is 11.1. The molecule has 3 nitrogen and oxygen atoms in total. The molecule has 0 saturated carbocycles. The number of nitrogens with zero attached hydrogens (tertiary/aromatic N) is 2. The second-order valence-electron chi connectivity index (χ2n) is 6.73. The zero-order valence-corrected chi connectivity index (χ0v) is 13.7. The maximum absolute atomic E-state index is 13.4. The summed E-state index contributed by atoms with van der Waals surface area (Å²) in [5.74, 6) is -0.172. The minimum absolute atomic E-state index is 0.0272. The molecule has 120 valence electrons. The van der Waals surface area contributed by atoms with Gasteiger partial charge in [0, 0.05) is 37.2 Å². The molecule has 2 saturated heterocycles. The Morgan fingerprint density at radius 2 is 2.17 bits per heavy atom. The highest BCUT2D eigenvalue weighted by Crippen LogP contribution is 2.42. The van der Waals surface area contributed by atoms with Crippen molar-refractivity contribution in [2.45, 2.75) is 19.4 Å². The lowest BCUT2D eigenvalue weighted by molar-refractivity contribution is -0.117. The maximum Gasteiger partial charge on any atom is 0.227 e. The summed E-state index contributed by atoms with van der Waals surface area (Å²) < 4.78 is 13.4. The van der Waals surface area contributed by atoms with Gasteiger partial charge in [-0.05, 0) is 53.6 Å². The topological polar surface area (TPSA) is 23.6 Å². The van der Waals surface area contributed by atoms with E-state index in [2.05, 4.69) is 21.7 Å². The van der Waals surface area contributed by atoms with Crippen LogP contribution in [-0.2, 0) is 11.3 Å². The van der Waals surface area contributed by atoms with Crippen LogP contribution in [0, 0.1) is 11.2 Å². The maximum atomic E-state index is 13.4. The molecule has 1 atom stereocenters. The van der Waals surface area contributed by atoms with E-state index < -0.39 is 0 Å². The number of rotatable bonds is 3. The Morgan fingerprint density at radius 3 is 2.96 bits per heavy atom. The number of benzene rings is 1. The minimum atomic E-state index is -0.290. The lowest BCUT2D eigenvalue weighted by Gasteiger charge is -2.24. The average Bonchev–Trinajstić information content (AvgIpc) is 3.22. The van der Waals surface area contributed by atoms with Gasteiger partial charge in [0.15, 0.2) is 0 Å². The molecule has 1 spiro atoms. The van der Waals surface area contributed by atoms with Crippen molar-refractivity contribution in [1.82, 2.24) is 4.90 Å². The van der Waals surface area contributed by atoms with E-state index in [0.717, 1.165) is 26.1 Å². The molecule has 2 aliphatic heterocycles. The molecule has 4 rings (SSSR count). The van der Waals surface area contributed by atoms with E-state index in [0.29, 0.717) is 18.7 Å². The molecule has 2 aliphatic rings. The number of likely N-dealkylation sites (tertiary alicyclic amines) is 1. The van der Waals surface area contributed by atoms with Crippen molar-refractivity contribution in [3.8, 4) is 0 Å². The number of hydrogen-bond acceptors (Lipinski definition) is 3. The molecule has 0 aliphatic carbocycles. The smallest absolute Gasteiger partial charge is 0.227 e. The number of amides is 1. The van der Waals surface area contributed by atoms with Crippen LogP contribution in [-0.4, -0.2) is 30.4 Å². The fourth-order valence-corrected chi connectivity index (χ4v) is 4.51. The van der Waals surface area contributed by atoms with Crippen molar-refractivity contribution in [3.63, 3.8) is 0 Å². The van der Waals surface area contributed by atoms with E-state index in [1.165, 1.54) is 17.7 Å². The van der Waals surface area contributed by atoms with E-state index >= 15 is 0 Å². The van der Waals surface area contributed by atoms with Crippen molar-refractivity contribution < 1.29 is 9.18 Å². The Hall–Kier alpha value is -1.72. The third-order valence-electron chi connectivity index (χ3n) is 4.94. The molecular formula is C18H19FN2OS. The van der Waals surface area contributed by atoms with Crippen molar-refractivity contribution in [2.75, 3.05) is 24.5 Å². The highest BCUT2D eigenvalue weighted by Gasteiger charge is 2.47. The standard InChI is InChI=1S/C18H19FN2OS/c19-15-2-1-3-16(8-15)21-13-18(9-17(21)22)5-6-20(12-18)10-14-4-7-23-11-14/h1-4,7-8,11H,5-6,9-10,12-13H2/t18-/m0/s1. The van der Waals surface area contributed by atoms with Gasteiger partial charge in [-0.25, -0.2) is 4.39 Å². The SMILES string of the molecule is O=C1C[C@]2(CCN(Cc3ccsc3)C2)CN1c1cccc(F)c1. The van der Waals surface area contributed by atoms with Crippen LogP contribution >= 0.6 is 11.3 Å². The Morgan fingerprint density at radius 1 is 1.26 bits per heavy atom. The largest absolute Gasteiger partial charge is 0.312 e. The van der Waals surface area contributed by atoms with E-state index in [9.17, 15) is 9.18 Å². The molecule has 1 aromatic carbocycles. The van der Waals surface area contributed by atoms with Crippen molar-refractivity contribution in [2.24, 2.45) is 5.41 Å². The first kappa shape index (κ1) is 14.8. The molecule has 5 heteroatoms. The van der Waals surface area contributed by atoms with E-state index in [1.54, 1.807) is 22.3 Å². The molecule has 23 heavy (non-hydrogen) atoms. The molecule has 0 radical (unpaired) electrons. The molecule has 0 bridgehead atoms. The minimum Gasteiger partial charge on any atom is -0.312 e. The summed E-state index contributed by atoms with van der Waals surface area (Å²) >= 11 is 1.72. The van der Waals surface area contributed by atoms with Gasteiger partial charge in [-0.3, -0.25) is 9.69 Å². The summed E-state index contributed by atoms with van der Waals surface area (Å²) in [5.41, 5.74) is 2.06. The van der Waals surface area contributed by atoms with Crippen LogP contribution in [0.5, 0.6) is 0 Å². The first-order valence-electron chi connectivity index (χ1n) is 7.93. The summed E-state index contributed by atoms with van der Waals surface area (Å²) in [7, 11) is 0. The lowest BCUT2D eigenvalue weighted by Crippen LogP contribution is -2.31. The first-order valence-corrected chi connectivity index (χ1v) is 8.87.